The summed E-state index contributed by atoms with van der Waals surface area (Å²) in [5.41, 5.74) is 0.980. The van der Waals surface area contributed by atoms with Crippen LogP contribution in [0.25, 0.3) is 0 Å². The molecule has 27 heavy (non-hydrogen) atoms. The molecule has 0 aromatic heterocycles. The fourth-order valence-corrected chi connectivity index (χ4v) is 4.02. The van der Waals surface area contributed by atoms with E-state index in [0.29, 0.717) is 13.0 Å². The minimum absolute atomic E-state index is 0.0232. The summed E-state index contributed by atoms with van der Waals surface area (Å²) in [6.45, 7) is 10.7. The molecule has 2 rings (SSSR count). The lowest BCUT2D eigenvalue weighted by molar-refractivity contribution is 0.0896. The third-order valence-electron chi connectivity index (χ3n) is 4.65. The topological polar surface area (TPSA) is 58.6 Å². The monoisotopic (exact) mass is 392 g/mol. The minimum Gasteiger partial charge on any atom is -0.445 e. The number of nitrogens with zero attached hydrogens (tertiary/aromatic N) is 1. The fourth-order valence-electron chi connectivity index (χ4n) is 3.17. The van der Waals surface area contributed by atoms with Crippen LogP contribution in [0.15, 0.2) is 43.0 Å². The van der Waals surface area contributed by atoms with Gasteiger partial charge in [0, 0.05) is 18.6 Å². The van der Waals surface area contributed by atoms with Crippen LogP contribution in [-0.4, -0.2) is 38.6 Å². The summed E-state index contributed by atoms with van der Waals surface area (Å²) in [5, 5.41) is 0. The number of likely N-dealkylation sites (tertiary alicyclic amines) is 1. The lowest BCUT2D eigenvalue weighted by atomic mass is 10.0. The van der Waals surface area contributed by atoms with Gasteiger partial charge in [0.15, 0.2) is 0 Å². The highest BCUT2D eigenvalue weighted by Gasteiger charge is 2.32. The van der Waals surface area contributed by atoms with Crippen molar-refractivity contribution in [3.8, 4) is 0 Å². The third kappa shape index (κ3) is 6.78. The Bertz CT molecular complexity index is 643. The van der Waals surface area contributed by atoms with Gasteiger partial charge >= 0.3 is 6.09 Å². The van der Waals surface area contributed by atoms with E-state index in [1.54, 1.807) is 0 Å². The first-order valence-electron chi connectivity index (χ1n) is 9.57. The van der Waals surface area contributed by atoms with Crippen molar-refractivity contribution in [2.45, 2.75) is 69.9 Å². The van der Waals surface area contributed by atoms with E-state index in [9.17, 15) is 9.00 Å². The number of benzene rings is 1. The normalized spacial score (nSPS) is 19.5. The average Bonchev–Trinajstić information content (AvgIpc) is 3.08. The first-order valence-corrected chi connectivity index (χ1v) is 10.7. The first kappa shape index (κ1) is 21.6. The molecule has 1 aromatic carbocycles. The van der Waals surface area contributed by atoms with E-state index in [1.165, 1.54) is 0 Å². The maximum absolute atomic E-state index is 12.6. The molecule has 150 valence electrons. The molecule has 3 atom stereocenters. The Morgan fingerprint density at radius 3 is 2.74 bits per heavy atom. The summed E-state index contributed by atoms with van der Waals surface area (Å²) in [6, 6.07) is 9.82. The highest BCUT2D eigenvalue weighted by Crippen LogP contribution is 2.24. The molecule has 0 radical (unpaired) electrons. The molecule has 1 aliphatic heterocycles. The molecular formula is C21H32N2O3S. The van der Waals surface area contributed by atoms with Crippen molar-refractivity contribution < 1.29 is 13.7 Å². The van der Waals surface area contributed by atoms with Crippen LogP contribution in [0.4, 0.5) is 4.79 Å². The highest BCUT2D eigenvalue weighted by molar-refractivity contribution is 7.84. The Kier molecular flexibility index (Phi) is 8.05. The van der Waals surface area contributed by atoms with Crippen molar-refractivity contribution in [2.75, 3.05) is 6.54 Å². The van der Waals surface area contributed by atoms with Gasteiger partial charge in [-0.15, -0.1) is 6.58 Å². The van der Waals surface area contributed by atoms with E-state index < -0.39 is 11.0 Å². The molecule has 1 aliphatic rings. The fraction of sp³-hybridized carbons (Fsp3) is 0.571. The van der Waals surface area contributed by atoms with Crippen LogP contribution in [0.1, 0.15) is 52.0 Å². The van der Waals surface area contributed by atoms with Gasteiger partial charge in [-0.3, -0.25) is 0 Å². The quantitative estimate of drug-likeness (QED) is 0.676. The molecule has 0 aliphatic carbocycles. The van der Waals surface area contributed by atoms with Crippen molar-refractivity contribution in [3.63, 3.8) is 0 Å². The van der Waals surface area contributed by atoms with Crippen LogP contribution in [-0.2, 0) is 22.3 Å². The molecule has 1 N–H and O–H groups in total. The molecule has 0 unspecified atom stereocenters. The summed E-state index contributed by atoms with van der Waals surface area (Å²) in [6.07, 6.45) is 4.94. The van der Waals surface area contributed by atoms with Crippen LogP contribution >= 0.6 is 0 Å². The van der Waals surface area contributed by atoms with Crippen molar-refractivity contribution in [1.82, 2.24) is 9.62 Å². The van der Waals surface area contributed by atoms with Gasteiger partial charge in [-0.25, -0.2) is 13.7 Å². The highest BCUT2D eigenvalue weighted by atomic mass is 32.2. The molecule has 1 saturated heterocycles. The van der Waals surface area contributed by atoms with Gasteiger partial charge < -0.3 is 9.64 Å². The lowest BCUT2D eigenvalue weighted by Crippen LogP contribution is -2.44. The minimum atomic E-state index is -1.15. The smallest absolute Gasteiger partial charge is 0.410 e. The number of nitrogens with one attached hydrogen (secondary N) is 1. The second kappa shape index (κ2) is 10.0. The Labute approximate surface area is 165 Å². The predicted octanol–water partition coefficient (Wildman–Crippen LogP) is 4.17. The SMILES string of the molecule is C=CC[C@@H](C[C@H]1CCCN1C(=O)OCc1ccccc1)N[S@](=O)C(C)(C)C. The molecule has 1 fully saturated rings. The van der Waals surface area contributed by atoms with Gasteiger partial charge in [0.05, 0.1) is 15.7 Å². The van der Waals surface area contributed by atoms with E-state index in [-0.39, 0.29) is 29.5 Å². The summed E-state index contributed by atoms with van der Waals surface area (Å²) in [7, 11) is -1.15. The second-order valence-corrected chi connectivity index (χ2v) is 9.98. The van der Waals surface area contributed by atoms with E-state index in [4.69, 9.17) is 4.74 Å². The van der Waals surface area contributed by atoms with Crippen molar-refractivity contribution >= 4 is 17.1 Å². The van der Waals surface area contributed by atoms with Crippen LogP contribution in [0.2, 0.25) is 0 Å². The summed E-state index contributed by atoms with van der Waals surface area (Å²) < 4.78 is 20.9. The maximum Gasteiger partial charge on any atom is 0.410 e. The van der Waals surface area contributed by atoms with Gasteiger partial charge in [0.1, 0.15) is 6.61 Å². The Morgan fingerprint density at radius 2 is 2.11 bits per heavy atom. The van der Waals surface area contributed by atoms with Gasteiger partial charge in [-0.1, -0.05) is 36.4 Å². The molecule has 1 heterocycles. The molecule has 0 spiro atoms. The molecule has 5 nitrogen and oxygen atoms in total. The Hall–Kier alpha value is -1.66. The number of rotatable bonds is 8. The van der Waals surface area contributed by atoms with E-state index >= 15 is 0 Å². The third-order valence-corrected chi connectivity index (χ3v) is 6.31. The zero-order valence-corrected chi connectivity index (χ0v) is 17.5. The number of carbonyl (C=O) groups excluding carboxylic acids is 1. The summed E-state index contributed by atoms with van der Waals surface area (Å²) >= 11 is 0. The van der Waals surface area contributed by atoms with Crippen LogP contribution in [0.3, 0.4) is 0 Å². The molecule has 1 amide bonds. The largest absolute Gasteiger partial charge is 0.445 e. The Morgan fingerprint density at radius 1 is 1.41 bits per heavy atom. The zero-order chi connectivity index (χ0) is 19.9. The first-order chi connectivity index (χ1) is 12.8. The molecule has 6 heteroatoms. The number of hydrogen-bond donors (Lipinski definition) is 1. The van der Waals surface area contributed by atoms with Crippen LogP contribution in [0, 0.1) is 0 Å². The van der Waals surface area contributed by atoms with Crippen molar-refractivity contribution in [3.05, 3.63) is 48.6 Å². The Balaban J connectivity index is 1.93. The summed E-state index contributed by atoms with van der Waals surface area (Å²) in [5.74, 6) is 0. The van der Waals surface area contributed by atoms with Gasteiger partial charge in [-0.05, 0) is 52.0 Å². The number of hydrogen-bond acceptors (Lipinski definition) is 3. The second-order valence-electron chi connectivity index (χ2n) is 7.99. The van der Waals surface area contributed by atoms with Crippen molar-refractivity contribution in [1.29, 1.82) is 0 Å². The average molecular weight is 393 g/mol. The van der Waals surface area contributed by atoms with E-state index in [2.05, 4.69) is 11.3 Å². The molecule has 1 aromatic rings. The maximum atomic E-state index is 12.6. The molecule has 0 saturated carbocycles. The predicted molar refractivity (Wildman–Crippen MR) is 111 cm³/mol. The van der Waals surface area contributed by atoms with Crippen LogP contribution < -0.4 is 4.72 Å². The number of carbonyl (C=O) groups is 1. The lowest BCUT2D eigenvalue weighted by Gasteiger charge is -2.29. The van der Waals surface area contributed by atoms with Gasteiger partial charge in [0.2, 0.25) is 0 Å². The molecular weight excluding hydrogens is 360 g/mol. The number of amides is 1. The van der Waals surface area contributed by atoms with E-state index in [0.717, 1.165) is 24.8 Å². The van der Waals surface area contributed by atoms with Crippen molar-refractivity contribution in [2.24, 2.45) is 0 Å². The van der Waals surface area contributed by atoms with Gasteiger partial charge in [0.25, 0.3) is 0 Å². The zero-order valence-electron chi connectivity index (χ0n) is 16.6. The molecule has 0 bridgehead atoms. The summed E-state index contributed by atoms with van der Waals surface area (Å²) in [4.78, 5) is 14.4. The standard InChI is InChI=1S/C21H32N2O3S/c1-5-10-18(22-27(25)21(2,3)4)15-19-13-9-14-23(19)20(24)26-16-17-11-7-6-8-12-17/h5-8,11-12,18-19,22H,1,9-10,13-16H2,2-4H3/t18-,19+,27+/m0/s1. The van der Waals surface area contributed by atoms with E-state index in [1.807, 2.05) is 62.1 Å². The van der Waals surface area contributed by atoms with Gasteiger partial charge in [-0.2, -0.15) is 0 Å². The van der Waals surface area contributed by atoms with Crippen LogP contribution in [0.5, 0.6) is 0 Å². The number of ether oxygens (including phenoxy) is 1.